The summed E-state index contributed by atoms with van der Waals surface area (Å²) < 4.78 is 13.3. The molecular formula is C31H25N5O4S. The molecule has 1 saturated heterocycles. The number of benzene rings is 3. The highest BCUT2D eigenvalue weighted by Gasteiger charge is 2.42. The molecule has 0 radical (unpaired) electrons. The average Bonchev–Trinajstić information content (AvgIpc) is 3.63. The Morgan fingerprint density at radius 2 is 1.51 bits per heavy atom. The predicted octanol–water partition coefficient (Wildman–Crippen LogP) is 6.76. The highest BCUT2D eigenvalue weighted by Crippen LogP contribution is 2.42. The summed E-state index contributed by atoms with van der Waals surface area (Å²) in [4.78, 5) is 17.5. The third-order valence-electron chi connectivity index (χ3n) is 6.93. The Bertz CT molecular complexity index is 1670. The van der Waals surface area contributed by atoms with E-state index in [1.807, 2.05) is 89.6 Å². The molecule has 6 rings (SSSR count). The van der Waals surface area contributed by atoms with Crippen LogP contribution in [0, 0.1) is 10.1 Å². The molecule has 0 unspecified atom stereocenters. The fourth-order valence-corrected chi connectivity index (χ4v) is 5.34. The van der Waals surface area contributed by atoms with Gasteiger partial charge in [0.25, 0.3) is 5.69 Å². The Labute approximate surface area is 241 Å². The fraction of sp³-hybridized carbons (Fsp3) is 0.0968. The minimum atomic E-state index is -0.402. The first-order valence-corrected chi connectivity index (χ1v) is 13.3. The van der Waals surface area contributed by atoms with E-state index < -0.39 is 4.92 Å². The number of thiocarbonyl (C=S) groups is 1. The van der Waals surface area contributed by atoms with Crippen LogP contribution in [0.1, 0.15) is 23.5 Å². The summed E-state index contributed by atoms with van der Waals surface area (Å²) in [6.07, 6.45) is 3.71. The smallest absolute Gasteiger partial charge is 0.269 e. The van der Waals surface area contributed by atoms with E-state index in [2.05, 4.69) is 15.2 Å². The number of nitro groups is 1. The molecule has 2 aromatic heterocycles. The Morgan fingerprint density at radius 1 is 0.854 bits per heavy atom. The van der Waals surface area contributed by atoms with Crippen molar-refractivity contribution in [3.05, 3.63) is 137 Å². The highest BCUT2D eigenvalue weighted by molar-refractivity contribution is 7.80. The van der Waals surface area contributed by atoms with Crippen LogP contribution in [0.2, 0.25) is 0 Å². The first kappa shape index (κ1) is 26.0. The fourth-order valence-electron chi connectivity index (χ4n) is 4.99. The zero-order valence-corrected chi connectivity index (χ0v) is 22.8. The van der Waals surface area contributed by atoms with Crippen LogP contribution in [0.4, 0.5) is 11.4 Å². The van der Waals surface area contributed by atoms with Crippen molar-refractivity contribution in [3.8, 4) is 22.9 Å². The maximum atomic E-state index is 11.2. The number of hydrogen-bond donors (Lipinski definition) is 1. The van der Waals surface area contributed by atoms with Crippen LogP contribution in [0.3, 0.4) is 0 Å². The van der Waals surface area contributed by atoms with Crippen LogP contribution in [-0.4, -0.2) is 26.7 Å². The third-order valence-corrected chi connectivity index (χ3v) is 7.24. The van der Waals surface area contributed by atoms with Gasteiger partial charge in [0.1, 0.15) is 23.3 Å². The summed E-state index contributed by atoms with van der Waals surface area (Å²) in [5.41, 5.74) is 3.51. The number of nitrogens with one attached hydrogen (secondary N) is 1. The van der Waals surface area contributed by atoms with Gasteiger partial charge < -0.3 is 24.3 Å². The molecule has 9 nitrogen and oxygen atoms in total. The Morgan fingerprint density at radius 3 is 2.15 bits per heavy atom. The van der Waals surface area contributed by atoms with E-state index in [0.717, 1.165) is 28.5 Å². The molecular weight excluding hydrogens is 538 g/mol. The first-order chi connectivity index (χ1) is 20.0. The molecule has 0 saturated carbocycles. The summed E-state index contributed by atoms with van der Waals surface area (Å²) >= 11 is 5.88. The summed E-state index contributed by atoms with van der Waals surface area (Å²) in [5, 5.41) is 15.2. The van der Waals surface area contributed by atoms with Crippen LogP contribution in [0.15, 0.2) is 116 Å². The van der Waals surface area contributed by atoms with Gasteiger partial charge in [-0.1, -0.05) is 6.07 Å². The van der Waals surface area contributed by atoms with Crippen molar-refractivity contribution >= 4 is 28.7 Å². The van der Waals surface area contributed by atoms with Crippen molar-refractivity contribution in [2.24, 2.45) is 0 Å². The number of aromatic nitrogens is 2. The highest BCUT2D eigenvalue weighted by atomic mass is 32.1. The standard InChI is InChI=1S/C31H25N5O4S/c1-39-24-15-17-26(18-16-24)40-25-13-11-22(12-14-25)35-30(29(33-31(35)41)27-5-2-3-19-32-27)28-6-4-20-34(28)21-7-9-23(10-8-21)36(37)38/h2-20,29-30H,1H3,(H,33,41)/t29-,30-/m0/s1. The number of hydrogen-bond acceptors (Lipinski definition) is 6. The lowest BCUT2D eigenvalue weighted by Crippen LogP contribution is -2.30. The number of nitro benzene ring substituents is 1. The maximum Gasteiger partial charge on any atom is 0.269 e. The van der Waals surface area contributed by atoms with Gasteiger partial charge in [-0.05, 0) is 97.1 Å². The van der Waals surface area contributed by atoms with E-state index >= 15 is 0 Å². The molecule has 1 fully saturated rings. The van der Waals surface area contributed by atoms with Crippen molar-refractivity contribution in [2.75, 3.05) is 12.0 Å². The SMILES string of the molecule is COc1ccc(Oc2ccc(N3C(=S)N[C@@H](c4ccccn4)[C@@H]3c3cccn3-c3ccc([N+](=O)[O-])cc3)cc2)cc1. The molecule has 1 aliphatic rings. The number of rotatable bonds is 8. The van der Waals surface area contributed by atoms with E-state index in [-0.39, 0.29) is 17.8 Å². The van der Waals surface area contributed by atoms with E-state index in [1.165, 1.54) is 12.1 Å². The summed E-state index contributed by atoms with van der Waals surface area (Å²) in [5.74, 6) is 2.14. The number of non-ortho nitro benzene ring substituents is 1. The van der Waals surface area contributed by atoms with Crippen molar-refractivity contribution < 1.29 is 14.4 Å². The molecule has 3 heterocycles. The van der Waals surface area contributed by atoms with E-state index in [4.69, 9.17) is 21.7 Å². The topological polar surface area (TPSA) is 94.7 Å². The normalized spacial score (nSPS) is 16.3. The van der Waals surface area contributed by atoms with Crippen LogP contribution in [0.25, 0.3) is 5.69 Å². The monoisotopic (exact) mass is 563 g/mol. The molecule has 2 atom stereocenters. The second-order valence-corrected chi connectivity index (χ2v) is 9.73. The van der Waals surface area contributed by atoms with E-state index in [0.29, 0.717) is 16.6 Å². The van der Waals surface area contributed by atoms with Crippen LogP contribution >= 0.6 is 12.2 Å². The summed E-state index contributed by atoms with van der Waals surface area (Å²) in [6, 6.07) is 30.9. The predicted molar refractivity (Wildman–Crippen MR) is 160 cm³/mol. The van der Waals surface area contributed by atoms with Gasteiger partial charge in [0, 0.05) is 41.6 Å². The minimum Gasteiger partial charge on any atom is -0.497 e. The molecule has 0 aliphatic carbocycles. The van der Waals surface area contributed by atoms with Crippen LogP contribution in [-0.2, 0) is 0 Å². The molecule has 41 heavy (non-hydrogen) atoms. The molecule has 204 valence electrons. The molecule has 0 spiro atoms. The summed E-state index contributed by atoms with van der Waals surface area (Å²) in [6.45, 7) is 0. The molecule has 5 aromatic rings. The van der Waals surface area contributed by atoms with Crippen LogP contribution in [0.5, 0.6) is 17.2 Å². The zero-order chi connectivity index (χ0) is 28.3. The number of pyridine rings is 1. The molecule has 10 heteroatoms. The lowest BCUT2D eigenvalue weighted by molar-refractivity contribution is -0.384. The van der Waals surface area contributed by atoms with Gasteiger partial charge >= 0.3 is 0 Å². The number of ether oxygens (including phenoxy) is 2. The van der Waals surface area contributed by atoms with Crippen molar-refractivity contribution in [1.29, 1.82) is 0 Å². The van der Waals surface area contributed by atoms with E-state index in [1.54, 1.807) is 25.4 Å². The van der Waals surface area contributed by atoms with Crippen molar-refractivity contribution in [3.63, 3.8) is 0 Å². The lowest BCUT2D eigenvalue weighted by atomic mass is 10.0. The second kappa shape index (κ2) is 11.1. The second-order valence-electron chi connectivity index (χ2n) is 9.34. The minimum absolute atomic E-state index is 0.0381. The van der Waals surface area contributed by atoms with Gasteiger partial charge in [0.2, 0.25) is 0 Å². The maximum absolute atomic E-state index is 11.2. The van der Waals surface area contributed by atoms with Gasteiger partial charge in [0.15, 0.2) is 5.11 Å². The van der Waals surface area contributed by atoms with Crippen LogP contribution < -0.4 is 19.7 Å². The number of anilines is 1. The third kappa shape index (κ3) is 5.20. The molecule has 1 aliphatic heterocycles. The zero-order valence-electron chi connectivity index (χ0n) is 22.0. The summed E-state index contributed by atoms with van der Waals surface area (Å²) in [7, 11) is 1.63. The number of methoxy groups -OCH3 is 1. The Kier molecular flexibility index (Phi) is 7.05. The van der Waals surface area contributed by atoms with Gasteiger partial charge in [-0.2, -0.15) is 0 Å². The lowest BCUT2D eigenvalue weighted by Gasteiger charge is -2.29. The molecule has 3 aromatic carbocycles. The van der Waals surface area contributed by atoms with Gasteiger partial charge in [-0.3, -0.25) is 15.1 Å². The Balaban J connectivity index is 1.36. The van der Waals surface area contributed by atoms with Crippen molar-refractivity contribution in [1.82, 2.24) is 14.9 Å². The largest absolute Gasteiger partial charge is 0.497 e. The van der Waals surface area contributed by atoms with E-state index in [9.17, 15) is 10.1 Å². The van der Waals surface area contributed by atoms with Gasteiger partial charge in [-0.25, -0.2) is 0 Å². The molecule has 0 amide bonds. The average molecular weight is 564 g/mol. The molecule has 0 bridgehead atoms. The first-order valence-electron chi connectivity index (χ1n) is 12.9. The van der Waals surface area contributed by atoms with Gasteiger partial charge in [0.05, 0.1) is 23.8 Å². The number of nitrogens with zero attached hydrogens (tertiary/aromatic N) is 4. The molecule has 1 N–H and O–H groups in total. The van der Waals surface area contributed by atoms with Crippen molar-refractivity contribution in [2.45, 2.75) is 12.1 Å². The van der Waals surface area contributed by atoms with Gasteiger partial charge in [-0.15, -0.1) is 0 Å². The quantitative estimate of drug-likeness (QED) is 0.126. The Hall–Kier alpha value is -5.22.